The zero-order chi connectivity index (χ0) is 14.5. The van der Waals surface area contributed by atoms with Crippen LogP contribution in [0.5, 0.6) is 0 Å². The van der Waals surface area contributed by atoms with Gasteiger partial charge in [-0.05, 0) is 39.7 Å². The number of anilines is 1. The molecule has 2 aromatic rings. The van der Waals surface area contributed by atoms with Gasteiger partial charge in [-0.25, -0.2) is 0 Å². The molecule has 0 fully saturated rings. The van der Waals surface area contributed by atoms with Crippen molar-refractivity contribution < 1.29 is 9.59 Å². The molecule has 0 bridgehead atoms. The Labute approximate surface area is 129 Å². The Morgan fingerprint density at radius 1 is 1.25 bits per heavy atom. The van der Waals surface area contributed by atoms with Crippen LogP contribution in [-0.4, -0.2) is 11.8 Å². The lowest BCUT2D eigenvalue weighted by Crippen LogP contribution is -2.22. The van der Waals surface area contributed by atoms with Crippen molar-refractivity contribution in [2.75, 3.05) is 5.32 Å². The van der Waals surface area contributed by atoms with Crippen LogP contribution >= 0.6 is 27.3 Å². The fraction of sp³-hybridized carbons (Fsp3) is 0.143. The molecule has 1 aromatic heterocycles. The Morgan fingerprint density at radius 3 is 2.50 bits per heavy atom. The standard InChI is InChI=1S/C14H13BrN2O2S/c1-9(18)17-12-4-2-10(3-5-12)7-16-14(19)11-6-13(15)20-8-11/h2-6,8H,7H2,1H3,(H,16,19)(H,17,18). The van der Waals surface area contributed by atoms with E-state index in [1.54, 1.807) is 11.4 Å². The van der Waals surface area contributed by atoms with Gasteiger partial charge in [0.05, 0.1) is 9.35 Å². The van der Waals surface area contributed by atoms with Gasteiger partial charge in [-0.3, -0.25) is 9.59 Å². The van der Waals surface area contributed by atoms with E-state index in [1.807, 2.05) is 24.3 Å². The number of hydrogen-bond acceptors (Lipinski definition) is 3. The van der Waals surface area contributed by atoms with Crippen LogP contribution in [-0.2, 0) is 11.3 Å². The molecule has 20 heavy (non-hydrogen) atoms. The van der Waals surface area contributed by atoms with Crippen LogP contribution in [0.4, 0.5) is 5.69 Å². The van der Waals surface area contributed by atoms with Gasteiger partial charge in [0.25, 0.3) is 5.91 Å². The molecule has 2 rings (SSSR count). The highest BCUT2D eigenvalue weighted by molar-refractivity contribution is 9.11. The summed E-state index contributed by atoms with van der Waals surface area (Å²) in [6.45, 7) is 1.92. The molecule has 1 heterocycles. The molecule has 2 N–H and O–H groups in total. The predicted molar refractivity (Wildman–Crippen MR) is 83.9 cm³/mol. The molecule has 6 heteroatoms. The van der Waals surface area contributed by atoms with E-state index in [0.29, 0.717) is 12.1 Å². The van der Waals surface area contributed by atoms with Crippen molar-refractivity contribution in [1.29, 1.82) is 0 Å². The van der Waals surface area contributed by atoms with E-state index in [0.717, 1.165) is 15.0 Å². The third kappa shape index (κ3) is 4.18. The zero-order valence-corrected chi connectivity index (χ0v) is 13.2. The van der Waals surface area contributed by atoms with Crippen molar-refractivity contribution in [2.45, 2.75) is 13.5 Å². The second-order valence-corrected chi connectivity index (χ2v) is 6.49. The van der Waals surface area contributed by atoms with Gasteiger partial charge >= 0.3 is 0 Å². The molecule has 0 saturated heterocycles. The van der Waals surface area contributed by atoms with Crippen LogP contribution in [0.25, 0.3) is 0 Å². The van der Waals surface area contributed by atoms with E-state index in [-0.39, 0.29) is 11.8 Å². The number of carbonyl (C=O) groups excluding carboxylic acids is 2. The molecule has 4 nitrogen and oxygen atoms in total. The summed E-state index contributed by atoms with van der Waals surface area (Å²) in [5.41, 5.74) is 2.37. The Hall–Kier alpha value is -1.66. The Kier molecular flexibility index (Phi) is 4.92. The van der Waals surface area contributed by atoms with Gasteiger partial charge in [0, 0.05) is 24.5 Å². The Bertz CT molecular complexity index is 622. The highest BCUT2D eigenvalue weighted by Crippen LogP contribution is 2.20. The maximum atomic E-state index is 11.9. The molecular formula is C14H13BrN2O2S. The lowest BCUT2D eigenvalue weighted by Gasteiger charge is -2.06. The van der Waals surface area contributed by atoms with Gasteiger partial charge in [-0.15, -0.1) is 11.3 Å². The number of halogens is 1. The highest BCUT2D eigenvalue weighted by Gasteiger charge is 2.07. The SMILES string of the molecule is CC(=O)Nc1ccc(CNC(=O)c2csc(Br)c2)cc1. The van der Waals surface area contributed by atoms with Gasteiger partial charge in [0.1, 0.15) is 0 Å². The summed E-state index contributed by atoms with van der Waals surface area (Å²) in [7, 11) is 0. The van der Waals surface area contributed by atoms with E-state index in [9.17, 15) is 9.59 Å². The van der Waals surface area contributed by atoms with Crippen molar-refractivity contribution in [3.8, 4) is 0 Å². The topological polar surface area (TPSA) is 58.2 Å². The lowest BCUT2D eigenvalue weighted by atomic mass is 10.2. The van der Waals surface area contributed by atoms with Gasteiger partial charge in [-0.2, -0.15) is 0 Å². The van der Waals surface area contributed by atoms with Crippen LogP contribution in [0.15, 0.2) is 39.5 Å². The average Bonchev–Trinajstić information content (AvgIpc) is 2.84. The lowest BCUT2D eigenvalue weighted by molar-refractivity contribution is -0.114. The van der Waals surface area contributed by atoms with Crippen molar-refractivity contribution in [3.63, 3.8) is 0 Å². The predicted octanol–water partition coefficient (Wildman–Crippen LogP) is 3.40. The number of hydrogen-bond donors (Lipinski definition) is 2. The first kappa shape index (κ1) is 14.7. The summed E-state index contributed by atoms with van der Waals surface area (Å²) < 4.78 is 0.933. The molecule has 104 valence electrons. The summed E-state index contributed by atoms with van der Waals surface area (Å²) in [4.78, 5) is 22.8. The third-order valence-electron chi connectivity index (χ3n) is 2.56. The Morgan fingerprint density at radius 2 is 1.95 bits per heavy atom. The molecule has 0 aliphatic heterocycles. The molecule has 0 aliphatic carbocycles. The van der Waals surface area contributed by atoms with Crippen LogP contribution in [0.2, 0.25) is 0 Å². The van der Waals surface area contributed by atoms with E-state index < -0.39 is 0 Å². The second kappa shape index (κ2) is 6.67. The fourth-order valence-electron chi connectivity index (χ4n) is 1.62. The van der Waals surface area contributed by atoms with Crippen molar-refractivity contribution >= 4 is 44.8 Å². The number of carbonyl (C=O) groups is 2. The molecule has 0 atom stereocenters. The summed E-state index contributed by atoms with van der Waals surface area (Å²) in [5, 5.41) is 7.35. The van der Waals surface area contributed by atoms with Crippen molar-refractivity contribution in [3.05, 3.63) is 50.6 Å². The third-order valence-corrected chi connectivity index (χ3v) is 4.06. The Balaban J connectivity index is 1.90. The molecule has 0 aliphatic rings. The van der Waals surface area contributed by atoms with Crippen molar-refractivity contribution in [1.82, 2.24) is 5.32 Å². The highest BCUT2D eigenvalue weighted by atomic mass is 79.9. The van der Waals surface area contributed by atoms with E-state index in [2.05, 4.69) is 26.6 Å². The minimum absolute atomic E-state index is 0.0992. The smallest absolute Gasteiger partial charge is 0.252 e. The van der Waals surface area contributed by atoms with Gasteiger partial charge in [0.2, 0.25) is 5.91 Å². The summed E-state index contributed by atoms with van der Waals surface area (Å²) in [5.74, 6) is -0.202. The van der Waals surface area contributed by atoms with Gasteiger partial charge in [-0.1, -0.05) is 12.1 Å². The van der Waals surface area contributed by atoms with Crippen LogP contribution in [0.1, 0.15) is 22.8 Å². The summed E-state index contributed by atoms with van der Waals surface area (Å²) in [6, 6.07) is 9.15. The number of rotatable bonds is 4. The first-order valence-electron chi connectivity index (χ1n) is 5.93. The fourth-order valence-corrected chi connectivity index (χ4v) is 2.76. The molecule has 0 saturated carbocycles. The number of benzene rings is 1. The van der Waals surface area contributed by atoms with E-state index in [4.69, 9.17) is 0 Å². The largest absolute Gasteiger partial charge is 0.348 e. The van der Waals surface area contributed by atoms with E-state index in [1.165, 1.54) is 18.3 Å². The second-order valence-electron chi connectivity index (χ2n) is 4.20. The molecular weight excluding hydrogens is 340 g/mol. The van der Waals surface area contributed by atoms with Crippen LogP contribution in [0.3, 0.4) is 0 Å². The van der Waals surface area contributed by atoms with Crippen molar-refractivity contribution in [2.24, 2.45) is 0 Å². The van der Waals surface area contributed by atoms with Gasteiger partial charge in [0.15, 0.2) is 0 Å². The monoisotopic (exact) mass is 352 g/mol. The summed E-state index contributed by atoms with van der Waals surface area (Å²) >= 11 is 4.81. The maximum Gasteiger partial charge on any atom is 0.252 e. The minimum Gasteiger partial charge on any atom is -0.348 e. The number of amides is 2. The number of nitrogens with one attached hydrogen (secondary N) is 2. The zero-order valence-electron chi connectivity index (χ0n) is 10.8. The molecule has 0 unspecified atom stereocenters. The maximum absolute atomic E-state index is 11.9. The molecule has 0 radical (unpaired) electrons. The van der Waals surface area contributed by atoms with E-state index >= 15 is 0 Å². The molecule has 1 aromatic carbocycles. The van der Waals surface area contributed by atoms with Gasteiger partial charge < -0.3 is 10.6 Å². The molecule has 0 spiro atoms. The average molecular weight is 353 g/mol. The quantitative estimate of drug-likeness (QED) is 0.885. The first-order valence-corrected chi connectivity index (χ1v) is 7.60. The first-order chi connectivity index (χ1) is 9.54. The molecule has 2 amide bonds. The normalized spacial score (nSPS) is 10.1. The minimum atomic E-state index is -0.103. The number of thiophene rings is 1. The van der Waals surface area contributed by atoms with Crippen LogP contribution in [0, 0.1) is 0 Å². The summed E-state index contributed by atoms with van der Waals surface area (Å²) in [6.07, 6.45) is 0. The van der Waals surface area contributed by atoms with Crippen LogP contribution < -0.4 is 10.6 Å².